The van der Waals surface area contributed by atoms with Crippen molar-refractivity contribution in [3.8, 4) is 0 Å². The van der Waals surface area contributed by atoms with Gasteiger partial charge in [-0.05, 0) is 20.8 Å². The van der Waals surface area contributed by atoms with Crippen molar-refractivity contribution in [2.24, 2.45) is 0 Å². The number of hydrogen-bond acceptors (Lipinski definition) is 3. The Bertz CT molecular complexity index is 556. The molecule has 0 aliphatic carbocycles. The second kappa shape index (κ2) is 6.16. The van der Waals surface area contributed by atoms with Crippen molar-refractivity contribution in [3.05, 3.63) is 27.0 Å². The van der Waals surface area contributed by atoms with Gasteiger partial charge in [0.2, 0.25) is 0 Å². The monoisotopic (exact) mass is 338 g/mol. The molecule has 8 heteroatoms. The maximum absolute atomic E-state index is 12.4. The van der Waals surface area contributed by atoms with E-state index in [0.717, 1.165) is 4.90 Å². The number of rotatable bonds is 3. The molecule has 0 atom stereocenters. The minimum atomic E-state index is -1.13. The summed E-state index contributed by atoms with van der Waals surface area (Å²) in [6.45, 7) is 4.65. The zero-order valence-corrected chi connectivity index (χ0v) is 13.3. The topological polar surface area (TPSA) is 70.5 Å². The van der Waals surface area contributed by atoms with Crippen LogP contribution in [0.4, 0.5) is 0 Å². The number of carboxylic acids is 1. The highest BCUT2D eigenvalue weighted by Crippen LogP contribution is 2.32. The molecule has 1 rings (SSSR count). The van der Waals surface area contributed by atoms with E-state index in [-0.39, 0.29) is 20.8 Å². The van der Waals surface area contributed by atoms with E-state index in [0.29, 0.717) is 0 Å². The van der Waals surface area contributed by atoms with Crippen LogP contribution in [0.15, 0.2) is 6.20 Å². The third-order valence-corrected chi connectivity index (χ3v) is 3.71. The molecular formula is C12H13Cl3N2O3. The molecule has 0 unspecified atom stereocenters. The Balaban J connectivity index is 3.26. The van der Waals surface area contributed by atoms with Gasteiger partial charge in [-0.3, -0.25) is 9.59 Å². The van der Waals surface area contributed by atoms with Crippen molar-refractivity contribution in [2.75, 3.05) is 6.54 Å². The summed E-state index contributed by atoms with van der Waals surface area (Å²) in [5.74, 6) is -1.76. The van der Waals surface area contributed by atoms with Gasteiger partial charge in [-0.15, -0.1) is 0 Å². The minimum Gasteiger partial charge on any atom is -0.480 e. The van der Waals surface area contributed by atoms with Crippen LogP contribution in [-0.2, 0) is 4.79 Å². The summed E-state index contributed by atoms with van der Waals surface area (Å²) < 4.78 is 0. The second-order valence-corrected chi connectivity index (χ2v) is 6.20. The Morgan fingerprint density at radius 2 is 1.80 bits per heavy atom. The summed E-state index contributed by atoms with van der Waals surface area (Å²) in [7, 11) is 0. The standard InChI is InChI=1S/C12H13Cl3N2O3/c1-12(2,3)17(5-7(18)19)11(20)10-9(15)8(14)6(13)4-16-10/h4H,5H2,1-3H3,(H,18,19). The highest BCUT2D eigenvalue weighted by atomic mass is 35.5. The Morgan fingerprint density at radius 3 is 2.25 bits per heavy atom. The van der Waals surface area contributed by atoms with Crippen molar-refractivity contribution in [3.63, 3.8) is 0 Å². The van der Waals surface area contributed by atoms with Gasteiger partial charge in [0.25, 0.3) is 5.91 Å². The highest BCUT2D eigenvalue weighted by molar-refractivity contribution is 6.48. The van der Waals surface area contributed by atoms with Gasteiger partial charge >= 0.3 is 5.97 Å². The van der Waals surface area contributed by atoms with Gasteiger partial charge in [-0.1, -0.05) is 34.8 Å². The summed E-state index contributed by atoms with van der Waals surface area (Å²) in [6, 6.07) is 0. The van der Waals surface area contributed by atoms with E-state index in [4.69, 9.17) is 39.9 Å². The van der Waals surface area contributed by atoms with Gasteiger partial charge in [-0.25, -0.2) is 4.98 Å². The summed E-state index contributed by atoms with van der Waals surface area (Å²) in [5.41, 5.74) is -0.843. The zero-order chi connectivity index (χ0) is 15.7. The van der Waals surface area contributed by atoms with Crippen molar-refractivity contribution < 1.29 is 14.7 Å². The summed E-state index contributed by atoms with van der Waals surface area (Å²) >= 11 is 17.6. The van der Waals surface area contributed by atoms with Gasteiger partial charge < -0.3 is 10.0 Å². The van der Waals surface area contributed by atoms with Gasteiger partial charge in [0.05, 0.1) is 15.1 Å². The molecule has 0 aromatic carbocycles. The normalized spacial score (nSPS) is 11.3. The minimum absolute atomic E-state index is 0.0101. The molecule has 0 aliphatic heterocycles. The van der Waals surface area contributed by atoms with Gasteiger partial charge in [0, 0.05) is 11.7 Å². The van der Waals surface area contributed by atoms with Gasteiger partial charge in [-0.2, -0.15) is 0 Å². The van der Waals surface area contributed by atoms with Crippen LogP contribution in [0.3, 0.4) is 0 Å². The van der Waals surface area contributed by atoms with Crippen LogP contribution >= 0.6 is 34.8 Å². The Morgan fingerprint density at radius 1 is 1.25 bits per heavy atom. The molecule has 1 N–H and O–H groups in total. The van der Waals surface area contributed by atoms with Crippen LogP contribution in [-0.4, -0.2) is 39.0 Å². The van der Waals surface area contributed by atoms with Crippen LogP contribution in [0.5, 0.6) is 0 Å². The van der Waals surface area contributed by atoms with Crippen LogP contribution in [0.1, 0.15) is 31.3 Å². The van der Waals surface area contributed by atoms with E-state index >= 15 is 0 Å². The molecule has 0 aliphatic rings. The quantitative estimate of drug-likeness (QED) is 0.916. The molecule has 5 nitrogen and oxygen atoms in total. The zero-order valence-electron chi connectivity index (χ0n) is 11.1. The number of nitrogens with zero attached hydrogens (tertiary/aromatic N) is 2. The first-order valence-corrected chi connectivity index (χ1v) is 6.72. The van der Waals surface area contributed by atoms with Crippen LogP contribution in [0.2, 0.25) is 15.1 Å². The number of carbonyl (C=O) groups excluding carboxylic acids is 1. The van der Waals surface area contributed by atoms with Crippen molar-refractivity contribution >= 4 is 46.7 Å². The predicted octanol–water partition coefficient (Wildman–Crippen LogP) is 3.37. The largest absolute Gasteiger partial charge is 0.480 e. The number of amides is 1. The molecule has 20 heavy (non-hydrogen) atoms. The van der Waals surface area contributed by atoms with E-state index in [2.05, 4.69) is 4.98 Å². The lowest BCUT2D eigenvalue weighted by atomic mass is 10.1. The SMILES string of the molecule is CC(C)(C)N(CC(=O)O)C(=O)c1ncc(Cl)c(Cl)c1Cl. The second-order valence-electron chi connectivity index (χ2n) is 5.04. The molecule has 0 bridgehead atoms. The molecule has 0 saturated heterocycles. The van der Waals surface area contributed by atoms with Gasteiger partial charge in [0.15, 0.2) is 0 Å². The first-order chi connectivity index (χ1) is 9.05. The van der Waals surface area contributed by atoms with Crippen molar-refractivity contribution in [1.82, 2.24) is 9.88 Å². The Kier molecular flexibility index (Phi) is 5.24. The first kappa shape index (κ1) is 17.0. The average molecular weight is 340 g/mol. The molecule has 0 radical (unpaired) electrons. The lowest BCUT2D eigenvalue weighted by molar-refractivity contribution is -0.138. The number of aliphatic carboxylic acids is 1. The first-order valence-electron chi connectivity index (χ1n) is 5.59. The Labute approximate surface area is 131 Å². The highest BCUT2D eigenvalue weighted by Gasteiger charge is 2.32. The van der Waals surface area contributed by atoms with E-state index < -0.39 is 24.0 Å². The number of aromatic nitrogens is 1. The van der Waals surface area contributed by atoms with E-state index in [1.165, 1.54) is 6.20 Å². The van der Waals surface area contributed by atoms with Crippen LogP contribution < -0.4 is 0 Å². The average Bonchev–Trinajstić information content (AvgIpc) is 2.31. The molecule has 0 fully saturated rings. The fourth-order valence-electron chi connectivity index (χ4n) is 1.47. The van der Waals surface area contributed by atoms with Crippen LogP contribution in [0, 0.1) is 0 Å². The van der Waals surface area contributed by atoms with Crippen molar-refractivity contribution in [2.45, 2.75) is 26.3 Å². The maximum Gasteiger partial charge on any atom is 0.323 e. The molecule has 1 heterocycles. The number of hydrogen-bond donors (Lipinski definition) is 1. The van der Waals surface area contributed by atoms with Crippen LogP contribution in [0.25, 0.3) is 0 Å². The predicted molar refractivity (Wildman–Crippen MR) is 77.7 cm³/mol. The molecule has 1 amide bonds. The number of pyridine rings is 1. The van der Waals surface area contributed by atoms with E-state index in [1.54, 1.807) is 20.8 Å². The number of carboxylic acid groups (broad SMARTS) is 1. The summed E-state index contributed by atoms with van der Waals surface area (Å²) in [4.78, 5) is 28.3. The molecule has 1 aromatic rings. The third kappa shape index (κ3) is 3.75. The fraction of sp³-hybridized carbons (Fsp3) is 0.417. The Hall–Kier alpha value is -1.04. The third-order valence-electron chi connectivity index (χ3n) is 2.47. The summed E-state index contributed by atoms with van der Waals surface area (Å²) in [6.07, 6.45) is 1.20. The van der Waals surface area contributed by atoms with E-state index in [1.807, 2.05) is 0 Å². The number of halogens is 3. The van der Waals surface area contributed by atoms with Crippen molar-refractivity contribution in [1.29, 1.82) is 0 Å². The smallest absolute Gasteiger partial charge is 0.323 e. The molecule has 110 valence electrons. The lowest BCUT2D eigenvalue weighted by Crippen LogP contribution is -2.48. The van der Waals surface area contributed by atoms with E-state index in [9.17, 15) is 9.59 Å². The summed E-state index contributed by atoms with van der Waals surface area (Å²) in [5, 5.41) is 8.95. The molecule has 0 saturated carbocycles. The number of carbonyl (C=O) groups is 2. The molecule has 1 aromatic heterocycles. The molecule has 0 spiro atoms. The lowest BCUT2D eigenvalue weighted by Gasteiger charge is -2.34. The molecular weight excluding hydrogens is 327 g/mol. The van der Waals surface area contributed by atoms with Gasteiger partial charge in [0.1, 0.15) is 12.2 Å². The fourth-order valence-corrected chi connectivity index (χ4v) is 2.03. The maximum atomic E-state index is 12.4.